The Morgan fingerprint density at radius 2 is 2.19 bits per heavy atom. The second-order valence-corrected chi connectivity index (χ2v) is 5.05. The van der Waals surface area contributed by atoms with Crippen molar-refractivity contribution in [1.82, 2.24) is 4.98 Å². The summed E-state index contributed by atoms with van der Waals surface area (Å²) in [7, 11) is 0. The number of hydrogen-bond donors (Lipinski definition) is 2. The minimum Gasteiger partial charge on any atom is -0.477 e. The Labute approximate surface area is 127 Å². The Morgan fingerprint density at radius 3 is 2.81 bits per heavy atom. The van der Waals surface area contributed by atoms with Gasteiger partial charge in [-0.15, -0.1) is 0 Å². The molecule has 0 aliphatic heterocycles. The number of carboxylic acid groups (broad SMARTS) is 1. The van der Waals surface area contributed by atoms with Crippen LogP contribution in [0.25, 0.3) is 0 Å². The van der Waals surface area contributed by atoms with E-state index in [1.807, 2.05) is 24.3 Å². The summed E-state index contributed by atoms with van der Waals surface area (Å²) in [6, 6.07) is 8.69. The van der Waals surface area contributed by atoms with Crippen molar-refractivity contribution in [3.05, 3.63) is 62.2 Å². The number of aromatic carboxylic acids is 1. The molecule has 1 heterocycles. The van der Waals surface area contributed by atoms with E-state index >= 15 is 0 Å². The van der Waals surface area contributed by atoms with Gasteiger partial charge in [0, 0.05) is 17.1 Å². The molecule has 2 rings (SSSR count). The predicted octanol–water partition coefficient (Wildman–Crippen LogP) is 3.06. The van der Waals surface area contributed by atoms with Gasteiger partial charge < -0.3 is 10.4 Å². The number of rotatable bonds is 5. The maximum atomic E-state index is 11.0. The third-order valence-electron chi connectivity index (χ3n) is 2.67. The van der Waals surface area contributed by atoms with Crippen molar-refractivity contribution in [2.45, 2.75) is 6.54 Å². The Balaban J connectivity index is 2.19. The van der Waals surface area contributed by atoms with Gasteiger partial charge in [0.2, 0.25) is 0 Å². The SMILES string of the molecule is O=C(O)c1cc(NCc2cccc(Br)c2)ncc1[N+](=O)[O-]. The first-order valence-electron chi connectivity index (χ1n) is 5.83. The number of carbonyl (C=O) groups is 1. The summed E-state index contributed by atoms with van der Waals surface area (Å²) in [6.07, 6.45) is 0.937. The maximum Gasteiger partial charge on any atom is 0.342 e. The molecule has 0 unspecified atom stereocenters. The predicted molar refractivity (Wildman–Crippen MR) is 79.3 cm³/mol. The summed E-state index contributed by atoms with van der Waals surface area (Å²) in [5.74, 6) is -1.10. The van der Waals surface area contributed by atoms with Crippen molar-refractivity contribution < 1.29 is 14.8 Å². The monoisotopic (exact) mass is 351 g/mol. The maximum absolute atomic E-state index is 11.0. The number of nitrogens with zero attached hydrogens (tertiary/aromatic N) is 2. The van der Waals surface area contributed by atoms with Gasteiger partial charge in [0.1, 0.15) is 17.6 Å². The van der Waals surface area contributed by atoms with Crippen molar-refractivity contribution in [3.8, 4) is 0 Å². The first-order valence-corrected chi connectivity index (χ1v) is 6.62. The Kier molecular flexibility index (Phi) is 4.49. The number of nitrogens with one attached hydrogen (secondary N) is 1. The summed E-state index contributed by atoms with van der Waals surface area (Å²) >= 11 is 3.35. The fraction of sp³-hybridized carbons (Fsp3) is 0.0769. The number of pyridine rings is 1. The van der Waals surface area contributed by atoms with E-state index in [-0.39, 0.29) is 5.82 Å². The molecule has 0 amide bonds. The standard InChI is InChI=1S/C13H10BrN3O4/c14-9-3-1-2-8(4-9)6-15-12-5-10(13(18)19)11(7-16-12)17(20)21/h1-5,7H,6H2,(H,15,16)(H,18,19). The highest BCUT2D eigenvalue weighted by Gasteiger charge is 2.20. The summed E-state index contributed by atoms with van der Waals surface area (Å²) < 4.78 is 0.921. The molecule has 0 saturated heterocycles. The van der Waals surface area contributed by atoms with E-state index < -0.39 is 22.1 Å². The van der Waals surface area contributed by atoms with E-state index in [0.717, 1.165) is 22.3 Å². The third kappa shape index (κ3) is 3.76. The summed E-state index contributed by atoms with van der Waals surface area (Å²) in [6.45, 7) is 0.420. The quantitative estimate of drug-likeness (QED) is 0.633. The molecule has 21 heavy (non-hydrogen) atoms. The first kappa shape index (κ1) is 14.9. The molecule has 8 heteroatoms. The molecule has 2 aromatic rings. The van der Waals surface area contributed by atoms with Gasteiger partial charge in [0.05, 0.1) is 4.92 Å². The van der Waals surface area contributed by atoms with Gasteiger partial charge in [-0.2, -0.15) is 0 Å². The van der Waals surface area contributed by atoms with E-state index in [9.17, 15) is 14.9 Å². The van der Waals surface area contributed by atoms with E-state index in [1.54, 1.807) is 0 Å². The van der Waals surface area contributed by atoms with Crippen LogP contribution in [0.3, 0.4) is 0 Å². The summed E-state index contributed by atoms with van der Waals surface area (Å²) in [4.78, 5) is 24.8. The largest absolute Gasteiger partial charge is 0.477 e. The van der Waals surface area contributed by atoms with E-state index in [0.29, 0.717) is 6.54 Å². The van der Waals surface area contributed by atoms with Crippen molar-refractivity contribution in [2.24, 2.45) is 0 Å². The second kappa shape index (κ2) is 6.31. The molecule has 0 saturated carbocycles. The second-order valence-electron chi connectivity index (χ2n) is 4.13. The van der Waals surface area contributed by atoms with Crippen LogP contribution >= 0.6 is 15.9 Å². The zero-order valence-corrected chi connectivity index (χ0v) is 12.2. The number of carboxylic acids is 1. The highest BCUT2D eigenvalue weighted by Crippen LogP contribution is 2.21. The smallest absolute Gasteiger partial charge is 0.342 e. The van der Waals surface area contributed by atoms with E-state index in [2.05, 4.69) is 26.2 Å². The van der Waals surface area contributed by atoms with Gasteiger partial charge in [-0.25, -0.2) is 9.78 Å². The third-order valence-corrected chi connectivity index (χ3v) is 3.17. The van der Waals surface area contributed by atoms with Crippen molar-refractivity contribution in [3.63, 3.8) is 0 Å². The van der Waals surface area contributed by atoms with Crippen LogP contribution in [0.2, 0.25) is 0 Å². The van der Waals surface area contributed by atoms with Gasteiger partial charge in [-0.1, -0.05) is 28.1 Å². The molecule has 0 bridgehead atoms. The van der Waals surface area contributed by atoms with Crippen LogP contribution in [0.5, 0.6) is 0 Å². The van der Waals surface area contributed by atoms with E-state index in [4.69, 9.17) is 5.11 Å². The van der Waals surface area contributed by atoms with Gasteiger partial charge in [0.25, 0.3) is 0 Å². The van der Waals surface area contributed by atoms with Gasteiger partial charge in [0.15, 0.2) is 0 Å². The Hall–Kier alpha value is -2.48. The van der Waals surface area contributed by atoms with Gasteiger partial charge >= 0.3 is 11.7 Å². The number of aromatic nitrogens is 1. The molecule has 0 aliphatic rings. The van der Waals surface area contributed by atoms with Crippen molar-refractivity contribution >= 4 is 33.4 Å². The molecule has 1 aromatic heterocycles. The number of anilines is 1. The normalized spacial score (nSPS) is 10.1. The fourth-order valence-corrected chi connectivity index (χ4v) is 2.15. The van der Waals surface area contributed by atoms with Crippen LogP contribution in [-0.4, -0.2) is 21.0 Å². The molecule has 0 atom stereocenters. The first-order chi connectivity index (χ1) is 9.97. The minimum absolute atomic E-state index is 0.262. The number of halogens is 1. The Morgan fingerprint density at radius 1 is 1.43 bits per heavy atom. The molecular formula is C13H10BrN3O4. The van der Waals surface area contributed by atoms with Crippen LogP contribution in [0.15, 0.2) is 41.0 Å². The fourth-order valence-electron chi connectivity index (χ4n) is 1.70. The summed E-state index contributed by atoms with van der Waals surface area (Å²) in [5.41, 5.74) is 0.0312. The molecule has 1 aromatic carbocycles. The average Bonchev–Trinajstić information content (AvgIpc) is 2.44. The average molecular weight is 352 g/mol. The lowest BCUT2D eigenvalue weighted by Crippen LogP contribution is -2.07. The number of hydrogen-bond acceptors (Lipinski definition) is 5. The lowest BCUT2D eigenvalue weighted by Gasteiger charge is -2.07. The van der Waals surface area contributed by atoms with Crippen LogP contribution in [0.4, 0.5) is 11.5 Å². The highest BCUT2D eigenvalue weighted by atomic mass is 79.9. The number of nitro groups is 1. The highest BCUT2D eigenvalue weighted by molar-refractivity contribution is 9.10. The van der Waals surface area contributed by atoms with Gasteiger partial charge in [-0.3, -0.25) is 10.1 Å². The molecule has 108 valence electrons. The molecule has 0 fully saturated rings. The lowest BCUT2D eigenvalue weighted by molar-refractivity contribution is -0.385. The Bertz CT molecular complexity index is 706. The molecule has 0 aliphatic carbocycles. The van der Waals surface area contributed by atoms with Crippen LogP contribution in [0, 0.1) is 10.1 Å². The molecule has 0 radical (unpaired) electrons. The zero-order chi connectivity index (χ0) is 15.4. The van der Waals surface area contributed by atoms with E-state index in [1.165, 1.54) is 0 Å². The topological polar surface area (TPSA) is 105 Å². The minimum atomic E-state index is -1.37. The summed E-state index contributed by atoms with van der Waals surface area (Å²) in [5, 5.41) is 22.7. The van der Waals surface area contributed by atoms with Gasteiger partial charge in [-0.05, 0) is 17.7 Å². The lowest BCUT2D eigenvalue weighted by atomic mass is 10.2. The van der Waals surface area contributed by atoms with Crippen molar-refractivity contribution in [2.75, 3.05) is 5.32 Å². The molecule has 0 spiro atoms. The van der Waals surface area contributed by atoms with Crippen LogP contribution in [-0.2, 0) is 6.54 Å². The van der Waals surface area contributed by atoms with Crippen LogP contribution < -0.4 is 5.32 Å². The molecule has 7 nitrogen and oxygen atoms in total. The van der Waals surface area contributed by atoms with Crippen molar-refractivity contribution in [1.29, 1.82) is 0 Å². The molecule has 2 N–H and O–H groups in total. The number of benzene rings is 1. The zero-order valence-electron chi connectivity index (χ0n) is 10.6. The molecular weight excluding hydrogens is 342 g/mol. The van der Waals surface area contributed by atoms with Crippen LogP contribution in [0.1, 0.15) is 15.9 Å².